The van der Waals surface area contributed by atoms with Crippen LogP contribution in [0.3, 0.4) is 0 Å². The van der Waals surface area contributed by atoms with Gasteiger partial charge >= 0.3 is 6.03 Å². The fraction of sp³-hybridized carbons (Fsp3) is 0.964. The monoisotopic (exact) mass is 1010 g/mol. The van der Waals surface area contributed by atoms with E-state index in [9.17, 15) is 9.59 Å². The zero-order valence-electron chi connectivity index (χ0n) is 45.5. The van der Waals surface area contributed by atoms with Gasteiger partial charge in [0.25, 0.3) is 0 Å². The maximum atomic E-state index is 13.7. The third-order valence-corrected chi connectivity index (χ3v) is 18.2. The topological polar surface area (TPSA) is 195 Å². The van der Waals surface area contributed by atoms with Crippen LogP contribution < -0.4 is 27.8 Å². The minimum Gasteiger partial charge on any atom is -0.378 e. The summed E-state index contributed by atoms with van der Waals surface area (Å²) in [7, 11) is 1.20. The molecular formula is C55H108N6O8Si. The fourth-order valence-corrected chi connectivity index (χ4v) is 14.1. The molecule has 4 aliphatic carbocycles. The molecule has 0 unspecified atom stereocenters. The minimum absolute atomic E-state index is 0.0115. The predicted molar refractivity (Wildman–Crippen MR) is 287 cm³/mol. The largest absolute Gasteiger partial charge is 0.378 e. The Morgan fingerprint density at radius 3 is 1.99 bits per heavy atom. The molecule has 0 aromatic carbocycles. The van der Waals surface area contributed by atoms with Crippen LogP contribution in [0.25, 0.3) is 0 Å². The Bertz CT molecular complexity index is 1390. The second-order valence-electron chi connectivity index (χ2n) is 22.2. The smallest absolute Gasteiger partial charge is 0.317 e. The van der Waals surface area contributed by atoms with Gasteiger partial charge in [-0.3, -0.25) is 4.79 Å². The van der Waals surface area contributed by atoms with Crippen molar-refractivity contribution in [2.75, 3.05) is 105 Å². The van der Waals surface area contributed by atoms with Gasteiger partial charge in [-0.2, -0.15) is 0 Å². The molecule has 11 atom stereocenters. The Balaban J connectivity index is 1.31. The average Bonchev–Trinajstić information content (AvgIpc) is 3.72. The fourth-order valence-electron chi connectivity index (χ4n) is 13.6. The van der Waals surface area contributed by atoms with Gasteiger partial charge in [0.2, 0.25) is 5.91 Å². The van der Waals surface area contributed by atoms with Crippen LogP contribution in [0.1, 0.15) is 163 Å². The van der Waals surface area contributed by atoms with Crippen LogP contribution >= 0.6 is 0 Å². The summed E-state index contributed by atoms with van der Waals surface area (Å²) in [6, 6.07) is 1.26. The van der Waals surface area contributed by atoms with E-state index in [2.05, 4.69) is 43.2 Å². The molecule has 70 heavy (non-hydrogen) atoms. The van der Waals surface area contributed by atoms with Crippen LogP contribution in [0.15, 0.2) is 0 Å². The molecule has 3 amide bonds. The van der Waals surface area contributed by atoms with Crippen LogP contribution in [-0.2, 0) is 33.2 Å². The van der Waals surface area contributed by atoms with Gasteiger partial charge in [0.15, 0.2) is 0 Å². The number of unbranched alkanes of at least 4 members (excludes halogenated alkanes) is 6. The third kappa shape index (κ3) is 19.4. The van der Waals surface area contributed by atoms with Gasteiger partial charge < -0.3 is 61.2 Å². The standard InChI is InChI=1S/C55H108N6O8Si/c1-5-6-7-8-9-11-28-61(53(63)60-27-34-65-36-38-66-37-35-64-33-26-59-51(62)18-10-12-39-70)29-13-17-43(2)46-19-20-47-52-48(42-50(55(46,47)4)69-32-16-25-58)54(3)22-21-45(67-30-14-23-56)40-44(54)41-49(52)68-31-15-24-57/h43-50,52H,5-42,56-58H2,1-4,70H3,(H,59,62)(H,60,63)/t43-,44+,45-,46-,47+,48+,49-,50+,52+,54+,55-/m1/s1. The Morgan fingerprint density at radius 2 is 1.30 bits per heavy atom. The lowest BCUT2D eigenvalue weighted by Crippen LogP contribution is -2.63. The highest BCUT2D eigenvalue weighted by Crippen LogP contribution is 2.69. The highest BCUT2D eigenvalue weighted by molar-refractivity contribution is 6.08. The quantitative estimate of drug-likeness (QED) is 0.0314. The lowest BCUT2D eigenvalue weighted by atomic mass is 9.43. The Kier molecular flexibility index (Phi) is 30.5. The van der Waals surface area contributed by atoms with Gasteiger partial charge in [0.1, 0.15) is 0 Å². The van der Waals surface area contributed by atoms with Crippen molar-refractivity contribution in [2.24, 2.45) is 63.5 Å². The number of fused-ring (bicyclic) bond motifs is 5. The second-order valence-corrected chi connectivity index (χ2v) is 23.2. The molecule has 0 saturated heterocycles. The van der Waals surface area contributed by atoms with Gasteiger partial charge in [-0.15, -0.1) is 0 Å². The molecule has 0 aromatic heterocycles. The molecule has 0 radical (unpaired) electrons. The van der Waals surface area contributed by atoms with E-state index < -0.39 is 0 Å². The lowest BCUT2D eigenvalue weighted by molar-refractivity contribution is -0.227. The molecule has 0 heterocycles. The van der Waals surface area contributed by atoms with E-state index in [0.717, 1.165) is 116 Å². The molecule has 15 heteroatoms. The summed E-state index contributed by atoms with van der Waals surface area (Å²) in [5.74, 6) is 3.31. The molecule has 8 N–H and O–H groups in total. The summed E-state index contributed by atoms with van der Waals surface area (Å²) in [6.07, 6.45) is 23.5. The minimum atomic E-state index is 0.0115. The summed E-state index contributed by atoms with van der Waals surface area (Å²) in [5.41, 5.74) is 18.2. The molecular weight excluding hydrogens is 901 g/mol. The molecule has 4 saturated carbocycles. The summed E-state index contributed by atoms with van der Waals surface area (Å²) in [4.78, 5) is 27.6. The van der Waals surface area contributed by atoms with Crippen LogP contribution in [0.5, 0.6) is 0 Å². The Labute approximate surface area is 429 Å². The summed E-state index contributed by atoms with van der Waals surface area (Å²) >= 11 is 0. The molecule has 4 fully saturated rings. The van der Waals surface area contributed by atoms with E-state index in [1.165, 1.54) is 61.2 Å². The average molecular weight is 1010 g/mol. The molecule has 0 spiro atoms. The van der Waals surface area contributed by atoms with Crippen molar-refractivity contribution in [2.45, 2.75) is 187 Å². The predicted octanol–water partition coefficient (Wildman–Crippen LogP) is 6.98. The zero-order valence-corrected chi connectivity index (χ0v) is 47.5. The van der Waals surface area contributed by atoms with E-state index in [4.69, 9.17) is 45.6 Å². The number of nitrogens with zero attached hydrogens (tertiary/aromatic N) is 1. The van der Waals surface area contributed by atoms with Crippen molar-refractivity contribution in [3.05, 3.63) is 0 Å². The van der Waals surface area contributed by atoms with Gasteiger partial charge in [-0.1, -0.05) is 72.3 Å². The van der Waals surface area contributed by atoms with Crippen molar-refractivity contribution < 1.29 is 38.0 Å². The van der Waals surface area contributed by atoms with E-state index in [1.54, 1.807) is 0 Å². The maximum Gasteiger partial charge on any atom is 0.317 e. The van der Waals surface area contributed by atoms with E-state index in [-0.39, 0.29) is 35.0 Å². The zero-order chi connectivity index (χ0) is 50.5. The van der Waals surface area contributed by atoms with E-state index in [1.807, 2.05) is 0 Å². The molecule has 410 valence electrons. The Morgan fingerprint density at radius 1 is 0.671 bits per heavy atom. The molecule has 4 aliphatic rings. The number of carbonyl (C=O) groups is 2. The van der Waals surface area contributed by atoms with Crippen LogP contribution in [0.4, 0.5) is 4.79 Å². The van der Waals surface area contributed by atoms with Gasteiger partial charge in [-0.25, -0.2) is 4.79 Å². The highest BCUT2D eigenvalue weighted by atomic mass is 28.1. The van der Waals surface area contributed by atoms with Crippen molar-refractivity contribution in [3.8, 4) is 0 Å². The maximum absolute atomic E-state index is 13.7. The van der Waals surface area contributed by atoms with Crippen LogP contribution in [-0.4, -0.2) is 151 Å². The van der Waals surface area contributed by atoms with Crippen LogP contribution in [0.2, 0.25) is 6.04 Å². The number of hydrogen-bond donors (Lipinski definition) is 5. The number of nitrogens with two attached hydrogens (primary N) is 3. The van der Waals surface area contributed by atoms with Gasteiger partial charge in [0, 0.05) is 68.1 Å². The number of nitrogens with one attached hydrogen (secondary N) is 2. The van der Waals surface area contributed by atoms with Crippen molar-refractivity contribution in [1.29, 1.82) is 0 Å². The molecule has 0 aromatic rings. The number of ether oxygens (including phenoxy) is 6. The first-order valence-corrected chi connectivity index (χ1v) is 30.5. The normalized spacial score (nSPS) is 28.8. The molecule has 0 bridgehead atoms. The van der Waals surface area contributed by atoms with E-state index >= 15 is 0 Å². The molecule has 4 rings (SSSR count). The number of carbonyl (C=O) groups excluding carboxylic acids is 2. The van der Waals surface area contributed by atoms with Gasteiger partial charge in [-0.05, 0) is 150 Å². The summed E-state index contributed by atoms with van der Waals surface area (Å²) < 4.78 is 37.6. The highest BCUT2D eigenvalue weighted by Gasteiger charge is 2.66. The first-order chi connectivity index (χ1) is 34.1. The second kappa shape index (κ2) is 35.0. The van der Waals surface area contributed by atoms with Crippen molar-refractivity contribution >= 4 is 22.2 Å². The third-order valence-electron chi connectivity index (χ3n) is 17.5. The van der Waals surface area contributed by atoms with Crippen LogP contribution in [0, 0.1) is 46.3 Å². The van der Waals surface area contributed by atoms with E-state index in [0.29, 0.717) is 120 Å². The number of rotatable bonds is 40. The number of amides is 3. The number of urea groups is 1. The summed E-state index contributed by atoms with van der Waals surface area (Å²) in [5, 5.41) is 6.08. The number of hydrogen-bond acceptors (Lipinski definition) is 11. The van der Waals surface area contributed by atoms with Crippen molar-refractivity contribution in [3.63, 3.8) is 0 Å². The first-order valence-electron chi connectivity index (χ1n) is 29.1. The molecule has 0 aliphatic heterocycles. The lowest BCUT2D eigenvalue weighted by Gasteiger charge is -2.65. The van der Waals surface area contributed by atoms with Gasteiger partial charge in [0.05, 0.1) is 58.0 Å². The molecule has 14 nitrogen and oxygen atoms in total. The van der Waals surface area contributed by atoms with Crippen molar-refractivity contribution in [1.82, 2.24) is 15.5 Å². The Hall–Kier alpha value is -1.40. The SMILES string of the molecule is CCCCCCCCN(CCC[C@@H](C)[C@H]1CC[C@H]2[C@@H]3[C@H](OCCCN)C[C@@H]4C[C@H](OCCCN)CC[C@]4(C)[C@H]3C[C@H](OCCCN)[C@]12C)C(=O)NCCOCCOCCOCCNC(=O)CCCC[SiH3]. The summed E-state index contributed by atoms with van der Waals surface area (Å²) in [6.45, 7) is 19.5. The first kappa shape index (κ1) is 61.1.